The van der Waals surface area contributed by atoms with Crippen molar-refractivity contribution in [1.82, 2.24) is 15.6 Å². The second-order valence-corrected chi connectivity index (χ2v) is 6.50. The molecule has 23 heavy (non-hydrogen) atoms. The highest BCUT2D eigenvalue weighted by molar-refractivity contribution is 7.11. The molecule has 0 spiro atoms. The van der Waals surface area contributed by atoms with Gasteiger partial charge in [0.2, 0.25) is 0 Å². The summed E-state index contributed by atoms with van der Waals surface area (Å²) >= 11 is 1.73. The molecule has 2 rings (SSSR count). The topological polar surface area (TPSA) is 49.3 Å². The minimum absolute atomic E-state index is 0.221. The molecule has 0 aliphatic heterocycles. The number of aliphatic imine (C=N–C) groups is 1. The normalized spacial score (nSPS) is 11.6. The van der Waals surface area contributed by atoms with Gasteiger partial charge < -0.3 is 10.6 Å². The smallest absolute Gasteiger partial charge is 0.191 e. The van der Waals surface area contributed by atoms with Crippen molar-refractivity contribution in [3.63, 3.8) is 0 Å². The zero-order valence-electron chi connectivity index (χ0n) is 13.8. The van der Waals surface area contributed by atoms with E-state index < -0.39 is 0 Å². The van der Waals surface area contributed by atoms with Crippen molar-refractivity contribution < 1.29 is 4.39 Å². The molecule has 2 aromatic rings. The van der Waals surface area contributed by atoms with Crippen LogP contribution in [0.15, 0.2) is 29.3 Å². The number of aromatic nitrogens is 1. The lowest BCUT2D eigenvalue weighted by Gasteiger charge is -2.10. The van der Waals surface area contributed by atoms with Gasteiger partial charge in [-0.15, -0.1) is 11.3 Å². The first-order chi connectivity index (χ1) is 11.1. The Morgan fingerprint density at radius 2 is 2.04 bits per heavy atom. The first kappa shape index (κ1) is 17.4. The Labute approximate surface area is 140 Å². The van der Waals surface area contributed by atoms with Crippen LogP contribution in [0.2, 0.25) is 0 Å². The maximum absolute atomic E-state index is 13.6. The molecule has 0 aliphatic carbocycles. The van der Waals surface area contributed by atoms with Gasteiger partial charge in [-0.3, -0.25) is 0 Å². The number of nitrogens with zero attached hydrogens (tertiary/aromatic N) is 2. The summed E-state index contributed by atoms with van der Waals surface area (Å²) in [7, 11) is 0. The van der Waals surface area contributed by atoms with Gasteiger partial charge in [0, 0.05) is 30.0 Å². The predicted molar refractivity (Wildman–Crippen MR) is 94.5 cm³/mol. The van der Waals surface area contributed by atoms with Gasteiger partial charge in [0.05, 0.1) is 17.2 Å². The number of rotatable bonds is 6. The van der Waals surface area contributed by atoms with Crippen molar-refractivity contribution in [1.29, 1.82) is 0 Å². The van der Waals surface area contributed by atoms with E-state index >= 15 is 0 Å². The molecule has 0 amide bonds. The van der Waals surface area contributed by atoms with E-state index in [-0.39, 0.29) is 5.82 Å². The number of hydrogen-bond acceptors (Lipinski definition) is 3. The summed E-state index contributed by atoms with van der Waals surface area (Å²) in [6.07, 6.45) is 0.851. The molecule has 0 unspecified atom stereocenters. The third-order valence-corrected chi connectivity index (χ3v) is 4.55. The fourth-order valence-electron chi connectivity index (χ4n) is 2.07. The second kappa shape index (κ2) is 8.62. The van der Waals surface area contributed by atoms with E-state index in [4.69, 9.17) is 0 Å². The summed E-state index contributed by atoms with van der Waals surface area (Å²) in [6.45, 7) is 7.95. The maximum atomic E-state index is 13.6. The zero-order chi connectivity index (χ0) is 16.7. The Balaban J connectivity index is 1.90. The van der Waals surface area contributed by atoms with Crippen LogP contribution in [-0.2, 0) is 13.0 Å². The fraction of sp³-hybridized carbons (Fsp3) is 0.412. The molecule has 0 fully saturated rings. The van der Waals surface area contributed by atoms with Crippen molar-refractivity contribution in [2.45, 2.75) is 33.7 Å². The first-order valence-corrected chi connectivity index (χ1v) is 8.60. The quantitative estimate of drug-likeness (QED) is 0.630. The maximum Gasteiger partial charge on any atom is 0.191 e. The Kier molecular flexibility index (Phi) is 6.52. The molecule has 0 radical (unpaired) electrons. The van der Waals surface area contributed by atoms with E-state index in [0.29, 0.717) is 18.1 Å². The van der Waals surface area contributed by atoms with E-state index in [1.807, 2.05) is 19.9 Å². The first-order valence-electron chi connectivity index (χ1n) is 7.78. The van der Waals surface area contributed by atoms with Gasteiger partial charge in [-0.2, -0.15) is 0 Å². The van der Waals surface area contributed by atoms with Crippen LogP contribution in [0.1, 0.15) is 28.1 Å². The molecule has 6 heteroatoms. The zero-order valence-corrected chi connectivity index (χ0v) is 14.6. The van der Waals surface area contributed by atoms with Gasteiger partial charge >= 0.3 is 0 Å². The van der Waals surface area contributed by atoms with E-state index in [1.54, 1.807) is 23.5 Å². The SMILES string of the molecule is CCNC(=NCc1ccccc1F)NCCc1nc(C)c(C)s1. The van der Waals surface area contributed by atoms with E-state index in [2.05, 4.69) is 27.5 Å². The lowest BCUT2D eigenvalue weighted by Crippen LogP contribution is -2.38. The van der Waals surface area contributed by atoms with Crippen LogP contribution in [0.25, 0.3) is 0 Å². The Morgan fingerprint density at radius 1 is 1.26 bits per heavy atom. The van der Waals surface area contributed by atoms with Gasteiger partial charge in [0.1, 0.15) is 5.82 Å². The summed E-state index contributed by atoms with van der Waals surface area (Å²) in [5.41, 5.74) is 1.70. The average molecular weight is 334 g/mol. The van der Waals surface area contributed by atoms with Crippen molar-refractivity contribution in [2.24, 2.45) is 4.99 Å². The van der Waals surface area contributed by atoms with Gasteiger partial charge in [0.25, 0.3) is 0 Å². The number of guanidine groups is 1. The lowest BCUT2D eigenvalue weighted by atomic mass is 10.2. The number of halogens is 1. The molecule has 124 valence electrons. The third-order valence-electron chi connectivity index (χ3n) is 3.41. The van der Waals surface area contributed by atoms with Crippen LogP contribution in [0.5, 0.6) is 0 Å². The van der Waals surface area contributed by atoms with E-state index in [9.17, 15) is 4.39 Å². The van der Waals surface area contributed by atoms with Crippen LogP contribution < -0.4 is 10.6 Å². The van der Waals surface area contributed by atoms with E-state index in [0.717, 1.165) is 30.2 Å². The summed E-state index contributed by atoms with van der Waals surface area (Å²) in [6, 6.07) is 6.72. The third kappa shape index (κ3) is 5.32. The highest BCUT2D eigenvalue weighted by Crippen LogP contribution is 2.16. The van der Waals surface area contributed by atoms with Gasteiger partial charge in [0.15, 0.2) is 5.96 Å². The predicted octanol–water partition coefficient (Wildman–Crippen LogP) is 3.20. The highest BCUT2D eigenvalue weighted by atomic mass is 32.1. The molecule has 1 aromatic heterocycles. The van der Waals surface area contributed by atoms with Crippen molar-refractivity contribution in [3.05, 3.63) is 51.2 Å². The molecular formula is C17H23FN4S. The number of hydrogen-bond donors (Lipinski definition) is 2. The van der Waals surface area contributed by atoms with Gasteiger partial charge in [-0.05, 0) is 26.8 Å². The molecule has 0 aliphatic rings. The molecular weight excluding hydrogens is 311 g/mol. The molecule has 1 heterocycles. The Morgan fingerprint density at radius 3 is 2.70 bits per heavy atom. The standard InChI is InChI=1S/C17H23FN4S/c1-4-19-17(21-11-14-7-5-6-8-15(14)18)20-10-9-16-22-12(2)13(3)23-16/h5-8H,4,9-11H2,1-3H3,(H2,19,20,21). The molecule has 0 atom stereocenters. The Hall–Kier alpha value is -1.95. The summed E-state index contributed by atoms with van der Waals surface area (Å²) < 4.78 is 13.6. The minimum atomic E-state index is -0.221. The monoisotopic (exact) mass is 334 g/mol. The van der Waals surface area contributed by atoms with Gasteiger partial charge in [-0.1, -0.05) is 18.2 Å². The lowest BCUT2D eigenvalue weighted by molar-refractivity contribution is 0.610. The second-order valence-electron chi connectivity index (χ2n) is 5.21. The van der Waals surface area contributed by atoms with E-state index in [1.165, 1.54) is 10.9 Å². The van der Waals surface area contributed by atoms with Crippen molar-refractivity contribution in [2.75, 3.05) is 13.1 Å². The average Bonchev–Trinajstić information content (AvgIpc) is 2.84. The van der Waals surface area contributed by atoms with Crippen molar-refractivity contribution >= 4 is 17.3 Å². The molecule has 1 aromatic carbocycles. The highest BCUT2D eigenvalue weighted by Gasteiger charge is 2.05. The van der Waals surface area contributed by atoms with Crippen LogP contribution in [0, 0.1) is 19.7 Å². The molecule has 2 N–H and O–H groups in total. The minimum Gasteiger partial charge on any atom is -0.357 e. The van der Waals surface area contributed by atoms with Crippen molar-refractivity contribution in [3.8, 4) is 0 Å². The number of thiazole rings is 1. The van der Waals surface area contributed by atoms with Crippen LogP contribution in [0.3, 0.4) is 0 Å². The summed E-state index contributed by atoms with van der Waals surface area (Å²) in [4.78, 5) is 10.2. The van der Waals surface area contributed by atoms with Gasteiger partial charge in [-0.25, -0.2) is 14.4 Å². The number of nitrogens with one attached hydrogen (secondary N) is 2. The Bertz CT molecular complexity index is 647. The molecule has 0 saturated carbocycles. The summed E-state index contributed by atoms with van der Waals surface area (Å²) in [5.74, 6) is 0.474. The number of benzene rings is 1. The molecule has 4 nitrogen and oxygen atoms in total. The largest absolute Gasteiger partial charge is 0.357 e. The molecule has 0 bridgehead atoms. The van der Waals surface area contributed by atoms with Crippen LogP contribution >= 0.6 is 11.3 Å². The molecule has 0 saturated heterocycles. The van der Waals surface area contributed by atoms with Crippen LogP contribution in [-0.4, -0.2) is 24.0 Å². The van der Waals surface area contributed by atoms with Crippen LogP contribution in [0.4, 0.5) is 4.39 Å². The fourth-order valence-corrected chi connectivity index (χ4v) is 3.00. The summed E-state index contributed by atoms with van der Waals surface area (Å²) in [5, 5.41) is 7.57. The number of aryl methyl sites for hydroxylation is 2.